The number of amides is 2. The van der Waals surface area contributed by atoms with Crippen LogP contribution < -0.4 is 15.8 Å². The Morgan fingerprint density at radius 2 is 1.85 bits per heavy atom. The maximum absolute atomic E-state index is 12.2. The number of para-hydroxylation sites is 1. The van der Waals surface area contributed by atoms with Crippen molar-refractivity contribution in [1.29, 1.82) is 0 Å². The predicted octanol–water partition coefficient (Wildman–Crippen LogP) is 3.72. The van der Waals surface area contributed by atoms with Crippen LogP contribution in [0.4, 0.5) is 5.69 Å². The molecule has 2 amide bonds. The number of primary amides is 1. The van der Waals surface area contributed by atoms with Crippen molar-refractivity contribution in [3.05, 3.63) is 65.7 Å². The highest BCUT2D eigenvalue weighted by atomic mass is 16.5. The van der Waals surface area contributed by atoms with Crippen molar-refractivity contribution in [1.82, 2.24) is 0 Å². The summed E-state index contributed by atoms with van der Waals surface area (Å²) in [6.07, 6.45) is 4.22. The summed E-state index contributed by atoms with van der Waals surface area (Å²) in [5, 5.41) is 2.94. The molecule has 0 aliphatic heterocycles. The zero-order valence-electron chi connectivity index (χ0n) is 15.1. The highest BCUT2D eigenvalue weighted by molar-refractivity contribution is 6.02. The first-order chi connectivity index (χ1) is 12.5. The van der Waals surface area contributed by atoms with Gasteiger partial charge in [0.15, 0.2) is 6.61 Å². The first-order valence-corrected chi connectivity index (χ1v) is 8.58. The highest BCUT2D eigenvalue weighted by Crippen LogP contribution is 2.26. The Morgan fingerprint density at radius 3 is 2.50 bits per heavy atom. The molecule has 2 rings (SSSR count). The summed E-state index contributed by atoms with van der Waals surface area (Å²) in [4.78, 5) is 22.9. The predicted molar refractivity (Wildman–Crippen MR) is 104 cm³/mol. The summed E-state index contributed by atoms with van der Waals surface area (Å²) in [5.41, 5.74) is 7.85. The molecule has 0 heterocycles. The molecule has 0 saturated carbocycles. The lowest BCUT2D eigenvalue weighted by Crippen LogP contribution is -2.19. The maximum atomic E-state index is 12.2. The lowest BCUT2D eigenvalue weighted by Gasteiger charge is -2.14. The van der Waals surface area contributed by atoms with Crippen LogP contribution in [0.1, 0.15) is 37.3 Å². The van der Waals surface area contributed by atoms with Gasteiger partial charge in [0.2, 0.25) is 5.91 Å². The Hall–Kier alpha value is -3.08. The van der Waals surface area contributed by atoms with Gasteiger partial charge >= 0.3 is 0 Å². The zero-order valence-corrected chi connectivity index (χ0v) is 15.1. The van der Waals surface area contributed by atoms with Gasteiger partial charge in [0.1, 0.15) is 5.75 Å². The molecular formula is C21H24N2O3. The second-order valence-corrected chi connectivity index (χ2v) is 6.04. The van der Waals surface area contributed by atoms with E-state index in [1.807, 2.05) is 24.3 Å². The van der Waals surface area contributed by atoms with Crippen LogP contribution in [0.2, 0.25) is 0 Å². The summed E-state index contributed by atoms with van der Waals surface area (Å²) in [5.74, 6) is 0.217. The molecule has 136 valence electrons. The minimum absolute atomic E-state index is 0.160. The highest BCUT2D eigenvalue weighted by Gasteiger charge is 2.09. The summed E-state index contributed by atoms with van der Waals surface area (Å²) in [7, 11) is 0. The van der Waals surface area contributed by atoms with E-state index in [9.17, 15) is 9.59 Å². The molecule has 0 radical (unpaired) electrons. The van der Waals surface area contributed by atoms with Crippen LogP contribution in [-0.2, 0) is 9.59 Å². The average Bonchev–Trinajstić information content (AvgIpc) is 2.65. The van der Waals surface area contributed by atoms with Crippen LogP contribution in [0.25, 0.3) is 6.08 Å². The lowest BCUT2D eigenvalue weighted by molar-refractivity contribution is -0.120. The average molecular weight is 352 g/mol. The second kappa shape index (κ2) is 9.42. The number of nitrogens with one attached hydrogen (secondary N) is 1. The molecule has 2 aromatic carbocycles. The molecule has 2 aromatic rings. The number of ether oxygens (including phenoxy) is 1. The summed E-state index contributed by atoms with van der Waals surface area (Å²) < 4.78 is 5.20. The topological polar surface area (TPSA) is 81.4 Å². The molecule has 1 atom stereocenters. The van der Waals surface area contributed by atoms with E-state index in [0.29, 0.717) is 11.7 Å². The minimum atomic E-state index is -0.525. The van der Waals surface area contributed by atoms with E-state index in [4.69, 9.17) is 10.5 Å². The van der Waals surface area contributed by atoms with Crippen LogP contribution in [0.5, 0.6) is 5.75 Å². The van der Waals surface area contributed by atoms with Crippen LogP contribution in [0.3, 0.4) is 0 Å². The van der Waals surface area contributed by atoms with Gasteiger partial charge in [-0.1, -0.05) is 44.2 Å². The number of carbonyl (C=O) groups excluding carboxylic acids is 2. The van der Waals surface area contributed by atoms with Crippen molar-refractivity contribution in [2.45, 2.75) is 26.2 Å². The number of hydrogen-bond acceptors (Lipinski definition) is 3. The van der Waals surface area contributed by atoms with E-state index in [-0.39, 0.29) is 12.5 Å². The molecule has 1 unspecified atom stereocenters. The van der Waals surface area contributed by atoms with Crippen LogP contribution in [0, 0.1) is 0 Å². The third-order valence-corrected chi connectivity index (χ3v) is 4.05. The molecule has 5 nitrogen and oxygen atoms in total. The van der Waals surface area contributed by atoms with Crippen molar-refractivity contribution < 1.29 is 14.3 Å². The Labute approximate surface area is 153 Å². The van der Waals surface area contributed by atoms with E-state index in [1.165, 1.54) is 6.08 Å². The van der Waals surface area contributed by atoms with E-state index < -0.39 is 5.91 Å². The van der Waals surface area contributed by atoms with Gasteiger partial charge in [-0.15, -0.1) is 0 Å². The number of nitrogens with two attached hydrogens (primary N) is 1. The van der Waals surface area contributed by atoms with Gasteiger partial charge < -0.3 is 15.8 Å². The minimum Gasteiger partial charge on any atom is -0.484 e. The summed E-state index contributed by atoms with van der Waals surface area (Å²) >= 11 is 0. The smallest absolute Gasteiger partial charge is 0.255 e. The van der Waals surface area contributed by atoms with E-state index >= 15 is 0 Å². The third-order valence-electron chi connectivity index (χ3n) is 4.05. The van der Waals surface area contributed by atoms with E-state index in [2.05, 4.69) is 19.2 Å². The summed E-state index contributed by atoms with van der Waals surface area (Å²) in [6.45, 7) is 4.11. The van der Waals surface area contributed by atoms with Gasteiger partial charge in [-0.05, 0) is 47.7 Å². The van der Waals surface area contributed by atoms with Crippen LogP contribution in [-0.4, -0.2) is 18.4 Å². The molecule has 0 aliphatic rings. The molecule has 0 bridgehead atoms. The molecule has 0 fully saturated rings. The standard InChI is InChI=1S/C21H24N2O3/c1-3-15(2)18-6-4-5-7-19(18)23-21(25)13-10-16-8-11-17(12-9-16)26-14-20(22)24/h4-13,15H,3,14H2,1-2H3,(H2,22,24)(H,23,25). The number of anilines is 1. The first kappa shape index (κ1) is 19.2. The fourth-order valence-corrected chi connectivity index (χ4v) is 2.44. The normalized spacial score (nSPS) is 11.9. The zero-order chi connectivity index (χ0) is 18.9. The molecule has 0 saturated heterocycles. The lowest BCUT2D eigenvalue weighted by atomic mass is 9.97. The van der Waals surface area contributed by atoms with Gasteiger partial charge in [0, 0.05) is 11.8 Å². The van der Waals surface area contributed by atoms with Crippen molar-refractivity contribution >= 4 is 23.6 Å². The monoisotopic (exact) mass is 352 g/mol. The van der Waals surface area contributed by atoms with Crippen LogP contribution in [0.15, 0.2) is 54.6 Å². The number of hydrogen-bond donors (Lipinski definition) is 2. The van der Waals surface area contributed by atoms with Crippen molar-refractivity contribution in [2.75, 3.05) is 11.9 Å². The van der Waals surface area contributed by atoms with Gasteiger partial charge in [-0.25, -0.2) is 0 Å². The van der Waals surface area contributed by atoms with Crippen LogP contribution >= 0.6 is 0 Å². The number of benzene rings is 2. The van der Waals surface area contributed by atoms with Gasteiger partial charge in [0.05, 0.1) is 0 Å². The van der Waals surface area contributed by atoms with E-state index in [0.717, 1.165) is 23.2 Å². The quantitative estimate of drug-likeness (QED) is 0.711. The number of carbonyl (C=O) groups is 2. The second-order valence-electron chi connectivity index (χ2n) is 6.04. The SMILES string of the molecule is CCC(C)c1ccccc1NC(=O)C=Cc1ccc(OCC(N)=O)cc1. The van der Waals surface area contributed by atoms with Crippen molar-refractivity contribution in [3.63, 3.8) is 0 Å². The Balaban J connectivity index is 1.98. The maximum Gasteiger partial charge on any atom is 0.255 e. The molecule has 26 heavy (non-hydrogen) atoms. The van der Waals surface area contributed by atoms with Gasteiger partial charge in [-0.2, -0.15) is 0 Å². The summed E-state index contributed by atoms with van der Waals surface area (Å²) in [6, 6.07) is 14.9. The molecule has 0 aromatic heterocycles. The van der Waals surface area contributed by atoms with E-state index in [1.54, 1.807) is 30.3 Å². The fourth-order valence-electron chi connectivity index (χ4n) is 2.44. The Morgan fingerprint density at radius 1 is 1.15 bits per heavy atom. The number of rotatable bonds is 8. The molecule has 0 spiro atoms. The third kappa shape index (κ3) is 5.77. The van der Waals surface area contributed by atoms with Crippen molar-refractivity contribution in [2.24, 2.45) is 5.73 Å². The molecule has 5 heteroatoms. The molecule has 0 aliphatic carbocycles. The Bertz CT molecular complexity index is 782. The van der Waals surface area contributed by atoms with Gasteiger partial charge in [0.25, 0.3) is 5.91 Å². The molecule has 3 N–H and O–H groups in total. The fraction of sp³-hybridized carbons (Fsp3) is 0.238. The first-order valence-electron chi connectivity index (χ1n) is 8.58. The van der Waals surface area contributed by atoms with Gasteiger partial charge in [-0.3, -0.25) is 9.59 Å². The van der Waals surface area contributed by atoms with Crippen molar-refractivity contribution in [3.8, 4) is 5.75 Å². The molecular weight excluding hydrogens is 328 g/mol. The Kier molecular flexibility index (Phi) is 6.97. The largest absolute Gasteiger partial charge is 0.484 e.